The van der Waals surface area contributed by atoms with Gasteiger partial charge >= 0.3 is 0 Å². The van der Waals surface area contributed by atoms with E-state index >= 15 is 4.39 Å². The Bertz CT molecular complexity index is 1070. The number of ether oxygens (including phenoxy) is 1. The number of thioether (sulfide) groups is 1. The van der Waals surface area contributed by atoms with Crippen molar-refractivity contribution in [3.8, 4) is 6.07 Å². The minimum absolute atomic E-state index is 0.0849. The number of nitrogens with zero attached hydrogens (tertiary/aromatic N) is 3. The lowest BCUT2D eigenvalue weighted by Gasteiger charge is -2.46. The molecule has 8 heteroatoms. The molecule has 1 fully saturated rings. The van der Waals surface area contributed by atoms with Crippen LogP contribution in [-0.4, -0.2) is 34.9 Å². The molecule has 160 valence electrons. The summed E-state index contributed by atoms with van der Waals surface area (Å²) < 4.78 is 20.7. The maximum Gasteiger partial charge on any atom is 0.185 e. The third kappa shape index (κ3) is 4.21. The van der Waals surface area contributed by atoms with Gasteiger partial charge in [0.1, 0.15) is 17.6 Å². The van der Waals surface area contributed by atoms with Crippen molar-refractivity contribution in [2.75, 3.05) is 12.9 Å². The summed E-state index contributed by atoms with van der Waals surface area (Å²) >= 11 is 1.49. The zero-order valence-corrected chi connectivity index (χ0v) is 18.0. The fourth-order valence-corrected chi connectivity index (χ4v) is 5.54. The molecule has 0 saturated heterocycles. The Kier molecular flexibility index (Phi) is 6.08. The first kappa shape index (κ1) is 21.5. The summed E-state index contributed by atoms with van der Waals surface area (Å²) in [6, 6.07) is 9.86. The first-order chi connectivity index (χ1) is 14.9. The van der Waals surface area contributed by atoms with Crippen LogP contribution in [0, 0.1) is 23.1 Å². The van der Waals surface area contributed by atoms with E-state index < -0.39 is 5.54 Å². The Morgan fingerprint density at radius 1 is 1.42 bits per heavy atom. The van der Waals surface area contributed by atoms with Crippen molar-refractivity contribution in [2.45, 2.75) is 37.3 Å². The second-order valence-electron chi connectivity index (χ2n) is 7.97. The van der Waals surface area contributed by atoms with E-state index in [1.807, 2.05) is 6.07 Å². The molecule has 6 nitrogen and oxygen atoms in total. The number of pyridine rings is 1. The van der Waals surface area contributed by atoms with Crippen molar-refractivity contribution < 1.29 is 13.9 Å². The number of hydrogen-bond acceptors (Lipinski definition) is 7. The molecule has 0 bridgehead atoms. The molecule has 1 aliphatic heterocycles. The van der Waals surface area contributed by atoms with Crippen LogP contribution < -0.4 is 5.73 Å². The molecule has 0 unspecified atom stereocenters. The van der Waals surface area contributed by atoms with Gasteiger partial charge in [-0.2, -0.15) is 5.26 Å². The number of aromatic nitrogens is 1. The van der Waals surface area contributed by atoms with Gasteiger partial charge < -0.3 is 10.5 Å². The first-order valence-corrected chi connectivity index (χ1v) is 11.1. The van der Waals surface area contributed by atoms with Crippen LogP contribution >= 0.6 is 11.8 Å². The quantitative estimate of drug-likeness (QED) is 0.716. The van der Waals surface area contributed by atoms with E-state index in [0.717, 1.165) is 18.6 Å². The lowest BCUT2D eigenvalue weighted by atomic mass is 9.68. The number of nitrogens with two attached hydrogens (primary N) is 1. The highest BCUT2D eigenvalue weighted by atomic mass is 32.2. The van der Waals surface area contributed by atoms with Crippen molar-refractivity contribution in [2.24, 2.45) is 16.6 Å². The summed E-state index contributed by atoms with van der Waals surface area (Å²) in [6.45, 7) is 0. The maximum absolute atomic E-state index is 15.1. The highest BCUT2D eigenvalue weighted by Gasteiger charge is 2.48. The summed E-state index contributed by atoms with van der Waals surface area (Å²) in [5.74, 6) is 0.329. The summed E-state index contributed by atoms with van der Waals surface area (Å²) in [7, 11) is 1.70. The van der Waals surface area contributed by atoms with Crippen LogP contribution in [-0.2, 0) is 16.7 Å². The largest absolute Gasteiger partial charge is 0.381 e. The highest BCUT2D eigenvalue weighted by molar-refractivity contribution is 8.13. The molecule has 1 aromatic heterocycles. The lowest BCUT2D eigenvalue weighted by molar-refractivity contribution is 0.0229. The summed E-state index contributed by atoms with van der Waals surface area (Å²) in [6.07, 6.45) is 3.79. The number of halogens is 1. The molecule has 4 rings (SSSR count). The van der Waals surface area contributed by atoms with Crippen LogP contribution in [0.2, 0.25) is 0 Å². The molecule has 2 heterocycles. The van der Waals surface area contributed by atoms with Gasteiger partial charge in [0.25, 0.3) is 0 Å². The fourth-order valence-electron chi connectivity index (χ4n) is 4.53. The number of fused-ring (bicyclic) bond motifs is 1. The van der Waals surface area contributed by atoms with Crippen molar-refractivity contribution in [1.82, 2.24) is 4.98 Å². The van der Waals surface area contributed by atoms with Gasteiger partial charge in [0.15, 0.2) is 11.0 Å². The highest BCUT2D eigenvalue weighted by Crippen LogP contribution is 2.50. The van der Waals surface area contributed by atoms with Crippen LogP contribution in [0.4, 0.5) is 4.39 Å². The minimum Gasteiger partial charge on any atom is -0.381 e. The lowest BCUT2D eigenvalue weighted by Crippen LogP contribution is -2.46. The molecule has 2 aromatic rings. The number of methoxy groups -OCH3 is 1. The van der Waals surface area contributed by atoms with Crippen LogP contribution in [0.15, 0.2) is 41.5 Å². The van der Waals surface area contributed by atoms with Crippen molar-refractivity contribution in [3.63, 3.8) is 0 Å². The van der Waals surface area contributed by atoms with Crippen molar-refractivity contribution in [1.29, 1.82) is 5.26 Å². The molecular formula is C23H23FN4O2S. The Morgan fingerprint density at radius 2 is 2.26 bits per heavy atom. The Balaban J connectivity index is 1.66. The van der Waals surface area contributed by atoms with E-state index in [1.54, 1.807) is 25.3 Å². The molecule has 1 aromatic carbocycles. The van der Waals surface area contributed by atoms with E-state index in [4.69, 9.17) is 20.7 Å². The maximum atomic E-state index is 15.1. The number of Topliss-reactive ketones (excluding diaryl/α,β-unsaturated/α-hetero) is 1. The third-order valence-corrected chi connectivity index (χ3v) is 7.14. The Labute approximate surface area is 184 Å². The van der Waals surface area contributed by atoms with Crippen LogP contribution in [0.1, 0.15) is 46.4 Å². The predicted octanol–water partition coefficient (Wildman–Crippen LogP) is 3.59. The van der Waals surface area contributed by atoms with Gasteiger partial charge in [-0.25, -0.2) is 4.39 Å². The topological polar surface area (TPSA) is 101 Å². The van der Waals surface area contributed by atoms with Crippen LogP contribution in [0.25, 0.3) is 0 Å². The molecule has 1 aliphatic carbocycles. The minimum atomic E-state index is -0.736. The van der Waals surface area contributed by atoms with Gasteiger partial charge in [-0.1, -0.05) is 17.8 Å². The molecule has 2 N–H and O–H groups in total. The Hall–Kier alpha value is -2.76. The molecule has 0 amide bonds. The second kappa shape index (κ2) is 8.77. The third-order valence-electron chi connectivity index (χ3n) is 6.19. The van der Waals surface area contributed by atoms with Gasteiger partial charge in [0, 0.05) is 37.0 Å². The monoisotopic (exact) mass is 438 g/mol. The van der Waals surface area contributed by atoms with Crippen LogP contribution in [0.5, 0.6) is 0 Å². The SMILES string of the molecule is CO[C@@H]1CC[C@]2(c3cc(CC(=O)c4ccc(C#N)cn4)ccc3F)N=C(N)SC[C@@H]2C1. The van der Waals surface area contributed by atoms with Gasteiger partial charge in [-0.15, -0.1) is 0 Å². The number of benzene rings is 1. The molecule has 3 atom stereocenters. The van der Waals surface area contributed by atoms with Crippen molar-refractivity contribution in [3.05, 3.63) is 64.7 Å². The second-order valence-corrected chi connectivity index (χ2v) is 9.01. The zero-order valence-electron chi connectivity index (χ0n) is 17.2. The smallest absolute Gasteiger partial charge is 0.185 e. The van der Waals surface area contributed by atoms with E-state index in [0.29, 0.717) is 28.3 Å². The van der Waals surface area contributed by atoms with E-state index in [1.165, 1.54) is 30.1 Å². The van der Waals surface area contributed by atoms with E-state index in [2.05, 4.69) is 4.98 Å². The number of rotatable bonds is 5. The predicted molar refractivity (Wildman–Crippen MR) is 117 cm³/mol. The van der Waals surface area contributed by atoms with E-state index in [9.17, 15) is 4.79 Å². The number of amidine groups is 1. The standard InChI is InChI=1S/C23H23FN4O2S/c1-30-17-6-7-23(16(10-17)13-31-22(26)28-23)18-8-14(2-4-19(18)24)9-21(29)20-5-3-15(11-25)12-27-20/h2-5,8,12,16-17H,6-7,9-10,13H2,1H3,(H2,26,28)/t16-,17+,23-/m0/s1. The molecule has 0 radical (unpaired) electrons. The number of nitriles is 1. The summed E-state index contributed by atoms with van der Waals surface area (Å²) in [5.41, 5.74) is 7.20. The molecule has 1 saturated carbocycles. The van der Waals surface area contributed by atoms with Gasteiger partial charge in [0.2, 0.25) is 0 Å². The molecular weight excluding hydrogens is 415 g/mol. The normalized spacial score (nSPS) is 25.3. The number of hydrogen-bond donors (Lipinski definition) is 1. The average molecular weight is 439 g/mol. The van der Waals surface area contributed by atoms with E-state index in [-0.39, 0.29) is 35.7 Å². The van der Waals surface area contributed by atoms with Gasteiger partial charge in [-0.05, 0) is 49.1 Å². The zero-order chi connectivity index (χ0) is 22.0. The van der Waals surface area contributed by atoms with Gasteiger partial charge in [-0.3, -0.25) is 14.8 Å². The number of carbonyl (C=O) groups excluding carboxylic acids is 1. The number of aliphatic imine (C=N–C) groups is 1. The number of ketones is 1. The average Bonchev–Trinajstić information content (AvgIpc) is 2.79. The first-order valence-electron chi connectivity index (χ1n) is 10.1. The summed E-state index contributed by atoms with van der Waals surface area (Å²) in [5, 5.41) is 9.36. The Morgan fingerprint density at radius 3 is 2.97 bits per heavy atom. The van der Waals surface area contributed by atoms with Gasteiger partial charge in [0.05, 0.1) is 17.2 Å². The summed E-state index contributed by atoms with van der Waals surface area (Å²) in [4.78, 5) is 21.5. The molecule has 0 spiro atoms. The molecule has 31 heavy (non-hydrogen) atoms. The fraction of sp³-hybridized carbons (Fsp3) is 0.391. The van der Waals surface area contributed by atoms with Crippen LogP contribution in [0.3, 0.4) is 0 Å². The van der Waals surface area contributed by atoms with Crippen molar-refractivity contribution >= 4 is 22.7 Å². The number of carbonyl (C=O) groups is 1. The molecule has 2 aliphatic rings.